The molecule has 92 valence electrons. The van der Waals surface area contributed by atoms with Crippen LogP contribution < -0.4 is 9.67 Å². The number of carbonyl (C=O) groups is 1. The molecule has 2 rings (SSSR count). The smallest absolute Gasteiger partial charge is 0.430 e. The number of hydrogen-bond donors (Lipinski definition) is 1. The van der Waals surface area contributed by atoms with Crippen LogP contribution >= 0.6 is 0 Å². The SMILES string of the molecule is C[n+]1c[nH]c2ccccc21.O=C([O-])C(F)(F)F. The Kier molecular flexibility index (Phi) is 3.72. The van der Waals surface area contributed by atoms with Gasteiger partial charge >= 0.3 is 6.18 Å². The van der Waals surface area contributed by atoms with Crippen LogP contribution in [0, 0.1) is 0 Å². The van der Waals surface area contributed by atoms with E-state index >= 15 is 0 Å². The van der Waals surface area contributed by atoms with Crippen molar-refractivity contribution in [2.45, 2.75) is 6.18 Å². The molecule has 0 fully saturated rings. The Morgan fingerprint density at radius 3 is 2.35 bits per heavy atom. The number of hydrogen-bond acceptors (Lipinski definition) is 2. The Balaban J connectivity index is 0.000000185. The third kappa shape index (κ3) is 3.47. The van der Waals surface area contributed by atoms with Gasteiger partial charge in [0.05, 0.1) is 7.05 Å². The molecular formula is C10H9F3N2O2. The van der Waals surface area contributed by atoms with Crippen LogP contribution in [0.25, 0.3) is 11.0 Å². The Morgan fingerprint density at radius 2 is 1.88 bits per heavy atom. The van der Waals surface area contributed by atoms with Crippen LogP contribution in [0.3, 0.4) is 0 Å². The van der Waals surface area contributed by atoms with E-state index in [1.165, 1.54) is 11.0 Å². The minimum Gasteiger partial charge on any atom is -0.542 e. The molecule has 1 aromatic carbocycles. The number of nitrogens with zero attached hydrogens (tertiary/aromatic N) is 1. The first kappa shape index (κ1) is 13.0. The normalized spacial score (nSPS) is 10.8. The van der Waals surface area contributed by atoms with Crippen molar-refractivity contribution in [3.63, 3.8) is 0 Å². The van der Waals surface area contributed by atoms with Gasteiger partial charge in [-0.3, -0.25) is 0 Å². The molecule has 0 aliphatic heterocycles. The Morgan fingerprint density at radius 1 is 1.35 bits per heavy atom. The summed E-state index contributed by atoms with van der Waals surface area (Å²) in [5.41, 5.74) is 2.42. The number of carbonyl (C=O) groups excluding carboxylic acids is 1. The number of rotatable bonds is 0. The average Bonchev–Trinajstić information content (AvgIpc) is 2.61. The number of nitrogens with one attached hydrogen (secondary N) is 1. The molecule has 0 saturated heterocycles. The van der Waals surface area contributed by atoms with Crippen molar-refractivity contribution < 1.29 is 27.6 Å². The minimum absolute atomic E-state index is 1.19. The summed E-state index contributed by atoms with van der Waals surface area (Å²) in [6.07, 6.45) is -3.25. The van der Waals surface area contributed by atoms with Gasteiger partial charge in [-0.05, 0) is 12.1 Å². The van der Waals surface area contributed by atoms with Crippen molar-refractivity contribution in [3.8, 4) is 0 Å². The summed E-state index contributed by atoms with van der Waals surface area (Å²) in [4.78, 5) is 11.9. The summed E-state index contributed by atoms with van der Waals surface area (Å²) in [5.74, 6) is -3.01. The zero-order valence-corrected chi connectivity index (χ0v) is 8.78. The zero-order chi connectivity index (χ0) is 13.1. The largest absolute Gasteiger partial charge is 0.542 e. The number of halogens is 3. The van der Waals surface area contributed by atoms with Crippen LogP contribution in [0.4, 0.5) is 13.2 Å². The molecule has 2 aromatic rings. The van der Waals surface area contributed by atoms with Gasteiger partial charge in [0.15, 0.2) is 11.0 Å². The summed E-state index contributed by atoms with van der Waals surface area (Å²) in [6.45, 7) is 0. The molecule has 0 bridgehead atoms. The molecule has 17 heavy (non-hydrogen) atoms. The predicted molar refractivity (Wildman–Crippen MR) is 50.5 cm³/mol. The molecule has 0 atom stereocenters. The van der Waals surface area contributed by atoms with E-state index in [9.17, 15) is 13.2 Å². The minimum atomic E-state index is -5.19. The average molecular weight is 246 g/mol. The van der Waals surface area contributed by atoms with Crippen molar-refractivity contribution in [2.24, 2.45) is 7.05 Å². The molecule has 7 heteroatoms. The Bertz CT molecular complexity index is 519. The van der Waals surface area contributed by atoms with E-state index in [4.69, 9.17) is 9.90 Å². The molecule has 0 aliphatic rings. The number of aromatic nitrogens is 2. The number of H-pyrrole nitrogens is 1. The number of benzene rings is 1. The fraction of sp³-hybridized carbons (Fsp3) is 0.200. The number of para-hydroxylation sites is 2. The molecule has 1 N–H and O–H groups in total. The summed E-state index contributed by atoms with van der Waals surface area (Å²) in [5, 5.41) is 8.78. The van der Waals surface area contributed by atoms with Crippen molar-refractivity contribution in [1.29, 1.82) is 0 Å². The maximum absolute atomic E-state index is 10.5. The van der Waals surface area contributed by atoms with Crippen molar-refractivity contribution in [2.75, 3.05) is 0 Å². The van der Waals surface area contributed by atoms with Gasteiger partial charge in [-0.25, -0.2) is 9.55 Å². The highest BCUT2D eigenvalue weighted by Gasteiger charge is 2.28. The summed E-state index contributed by atoms with van der Waals surface area (Å²) < 4.78 is 33.6. The first-order valence-corrected chi connectivity index (χ1v) is 4.52. The monoisotopic (exact) mass is 246 g/mol. The van der Waals surface area contributed by atoms with E-state index in [2.05, 4.69) is 21.7 Å². The highest BCUT2D eigenvalue weighted by molar-refractivity contribution is 5.71. The van der Waals surface area contributed by atoms with Gasteiger partial charge in [0, 0.05) is 0 Å². The molecular weight excluding hydrogens is 237 g/mol. The summed E-state index contributed by atoms with van der Waals surface area (Å²) in [7, 11) is 2.03. The van der Waals surface area contributed by atoms with Crippen LogP contribution in [0.1, 0.15) is 0 Å². The van der Waals surface area contributed by atoms with Crippen LogP contribution in [-0.4, -0.2) is 17.1 Å². The quantitative estimate of drug-likeness (QED) is 0.679. The van der Waals surface area contributed by atoms with E-state index in [1.807, 2.05) is 25.5 Å². The zero-order valence-electron chi connectivity index (χ0n) is 8.78. The van der Waals surface area contributed by atoms with Crippen molar-refractivity contribution in [3.05, 3.63) is 30.6 Å². The van der Waals surface area contributed by atoms with E-state index in [-0.39, 0.29) is 0 Å². The van der Waals surface area contributed by atoms with Gasteiger partial charge in [-0.2, -0.15) is 13.2 Å². The van der Waals surface area contributed by atoms with Crippen molar-refractivity contribution in [1.82, 2.24) is 4.98 Å². The number of aromatic amines is 1. The third-order valence-electron chi connectivity index (χ3n) is 1.93. The fourth-order valence-electron chi connectivity index (χ4n) is 1.14. The van der Waals surface area contributed by atoms with Crippen LogP contribution in [0.2, 0.25) is 0 Å². The Hall–Kier alpha value is -2.05. The predicted octanol–water partition coefficient (Wildman–Crippen LogP) is 0.291. The number of carboxylic acids is 1. The number of aliphatic carboxylic acids is 1. The maximum atomic E-state index is 10.5. The Labute approximate surface area is 94.3 Å². The molecule has 1 heterocycles. The van der Waals surface area contributed by atoms with E-state index in [0.717, 1.165) is 0 Å². The van der Waals surface area contributed by atoms with Crippen LogP contribution in [0.15, 0.2) is 30.6 Å². The number of carboxylic acid groups (broad SMARTS) is 1. The van der Waals surface area contributed by atoms with Crippen LogP contribution in [-0.2, 0) is 11.8 Å². The lowest BCUT2D eigenvalue weighted by Crippen LogP contribution is -2.37. The molecule has 0 amide bonds. The van der Waals surface area contributed by atoms with Gasteiger partial charge < -0.3 is 9.90 Å². The lowest BCUT2D eigenvalue weighted by atomic mass is 10.3. The lowest BCUT2D eigenvalue weighted by Gasteiger charge is -2.03. The second-order valence-corrected chi connectivity index (χ2v) is 3.19. The molecule has 0 aliphatic carbocycles. The number of aryl methyl sites for hydroxylation is 1. The fourth-order valence-corrected chi connectivity index (χ4v) is 1.14. The molecule has 0 spiro atoms. The van der Waals surface area contributed by atoms with E-state index in [1.54, 1.807) is 0 Å². The first-order chi connectivity index (χ1) is 7.82. The second-order valence-electron chi connectivity index (χ2n) is 3.19. The second kappa shape index (κ2) is 4.86. The summed E-state index contributed by atoms with van der Waals surface area (Å²) in [6, 6.07) is 8.22. The number of imidazole rings is 1. The highest BCUT2D eigenvalue weighted by atomic mass is 19.4. The lowest BCUT2D eigenvalue weighted by molar-refractivity contribution is -0.644. The van der Waals surface area contributed by atoms with Gasteiger partial charge in [-0.15, -0.1) is 0 Å². The van der Waals surface area contributed by atoms with Crippen molar-refractivity contribution >= 4 is 17.0 Å². The third-order valence-corrected chi connectivity index (χ3v) is 1.93. The number of fused-ring (bicyclic) bond motifs is 1. The molecule has 0 radical (unpaired) electrons. The molecule has 4 nitrogen and oxygen atoms in total. The van der Waals surface area contributed by atoms with Gasteiger partial charge in [0.2, 0.25) is 6.33 Å². The highest BCUT2D eigenvalue weighted by Crippen LogP contribution is 2.11. The molecule has 1 aromatic heterocycles. The summed E-state index contributed by atoms with van der Waals surface area (Å²) >= 11 is 0. The number of alkyl halides is 3. The topological polar surface area (TPSA) is 59.8 Å². The molecule has 0 saturated carbocycles. The van der Waals surface area contributed by atoms with Gasteiger partial charge in [0.25, 0.3) is 0 Å². The standard InChI is InChI=1S/C8H8N2.C2HF3O2/c1-10-6-9-7-4-2-3-5-8(7)10;3-2(4,5)1(6)7/h2-6H,1H3;(H,6,7). The maximum Gasteiger partial charge on any atom is 0.430 e. The van der Waals surface area contributed by atoms with E-state index in [0.29, 0.717) is 0 Å². The molecule has 0 unspecified atom stereocenters. The first-order valence-electron chi connectivity index (χ1n) is 4.52. The van der Waals surface area contributed by atoms with E-state index < -0.39 is 12.1 Å². The van der Waals surface area contributed by atoms with Crippen LogP contribution in [0.5, 0.6) is 0 Å². The van der Waals surface area contributed by atoms with Gasteiger partial charge in [0.1, 0.15) is 5.97 Å². The van der Waals surface area contributed by atoms with Gasteiger partial charge in [-0.1, -0.05) is 12.1 Å².